The van der Waals surface area contributed by atoms with Gasteiger partial charge in [-0.3, -0.25) is 14.2 Å². The molecule has 1 atom stereocenters. The van der Waals surface area contributed by atoms with E-state index < -0.39 is 11.7 Å². The number of hydrazone groups is 1. The Balaban J connectivity index is 1.24. The fourth-order valence-electron chi connectivity index (χ4n) is 4.95. The fraction of sp³-hybridized carbons (Fsp3) is 0.182. The Hall–Kier alpha value is -5.23. The molecule has 0 fully saturated rings. The number of hydrogen-bond acceptors (Lipinski definition) is 8. The number of amides is 2. The number of aromatic nitrogens is 3. The molecule has 0 saturated carbocycles. The van der Waals surface area contributed by atoms with Crippen LogP contribution in [0.2, 0.25) is 0 Å². The number of ether oxygens (including phenoxy) is 1. The molecule has 5 aromatic rings. The number of nitrogens with one attached hydrogen (secondary N) is 1. The lowest BCUT2D eigenvalue weighted by Gasteiger charge is -2.22. The van der Waals surface area contributed by atoms with Crippen molar-refractivity contribution >= 4 is 29.3 Å². The molecule has 0 aliphatic carbocycles. The van der Waals surface area contributed by atoms with Gasteiger partial charge >= 0.3 is 0 Å². The molecule has 228 valence electrons. The van der Waals surface area contributed by atoms with Gasteiger partial charge in [0.05, 0.1) is 37.4 Å². The second-order valence-electron chi connectivity index (χ2n) is 10.3. The van der Waals surface area contributed by atoms with Crippen LogP contribution in [-0.2, 0) is 11.3 Å². The van der Waals surface area contributed by atoms with E-state index in [2.05, 4.69) is 15.5 Å². The lowest BCUT2D eigenvalue weighted by molar-refractivity contribution is -0.130. The molecule has 0 radical (unpaired) electrons. The van der Waals surface area contributed by atoms with Crippen molar-refractivity contribution in [3.05, 3.63) is 125 Å². The highest BCUT2D eigenvalue weighted by Crippen LogP contribution is 2.34. The molecule has 0 unspecified atom stereocenters. The summed E-state index contributed by atoms with van der Waals surface area (Å²) >= 11 is 1.18. The maximum atomic E-state index is 13.8. The lowest BCUT2D eigenvalue weighted by atomic mass is 9.97. The number of halogens is 1. The minimum Gasteiger partial charge on any atom is -0.497 e. The zero-order chi connectivity index (χ0) is 31.3. The molecule has 0 bridgehead atoms. The summed E-state index contributed by atoms with van der Waals surface area (Å²) in [5, 5.41) is 18.1. The maximum absolute atomic E-state index is 13.8. The SMILES string of the molecule is COc1ccc(C2=NN(C(=O)CSc3nnc(CNC(=O)c4ccco4)n3-c3ccc(F)cc3)[C@@H](c3ccc(C)cc3)C2)cc1. The predicted molar refractivity (Wildman–Crippen MR) is 167 cm³/mol. The Morgan fingerprint density at radius 1 is 1.02 bits per heavy atom. The van der Waals surface area contributed by atoms with Crippen LogP contribution in [0.4, 0.5) is 4.39 Å². The van der Waals surface area contributed by atoms with Crippen LogP contribution in [0.1, 0.15) is 45.5 Å². The molecule has 3 aromatic carbocycles. The van der Waals surface area contributed by atoms with Crippen molar-refractivity contribution in [1.82, 2.24) is 25.1 Å². The first-order valence-electron chi connectivity index (χ1n) is 14.1. The summed E-state index contributed by atoms with van der Waals surface area (Å²) < 4.78 is 25.9. The second kappa shape index (κ2) is 13.2. The van der Waals surface area contributed by atoms with Crippen molar-refractivity contribution in [2.24, 2.45) is 5.10 Å². The zero-order valence-corrected chi connectivity index (χ0v) is 25.3. The Morgan fingerprint density at radius 3 is 2.47 bits per heavy atom. The molecule has 1 aliphatic rings. The van der Waals surface area contributed by atoms with E-state index in [-0.39, 0.29) is 30.0 Å². The zero-order valence-electron chi connectivity index (χ0n) is 24.5. The van der Waals surface area contributed by atoms with E-state index in [1.807, 2.05) is 55.5 Å². The molecular formula is C33H29FN6O4S. The van der Waals surface area contributed by atoms with E-state index in [9.17, 15) is 14.0 Å². The highest BCUT2D eigenvalue weighted by atomic mass is 32.2. The van der Waals surface area contributed by atoms with Crippen LogP contribution in [0.5, 0.6) is 5.75 Å². The van der Waals surface area contributed by atoms with Gasteiger partial charge in [-0.25, -0.2) is 9.40 Å². The topological polar surface area (TPSA) is 115 Å². The summed E-state index contributed by atoms with van der Waals surface area (Å²) in [5.41, 5.74) is 4.39. The van der Waals surface area contributed by atoms with E-state index >= 15 is 0 Å². The molecule has 10 nitrogen and oxygen atoms in total. The minimum atomic E-state index is -0.417. The normalized spacial score (nSPS) is 14.3. The van der Waals surface area contributed by atoms with Crippen LogP contribution < -0.4 is 10.1 Å². The number of nitrogens with zero attached hydrogens (tertiary/aromatic N) is 5. The van der Waals surface area contributed by atoms with Crippen molar-refractivity contribution in [2.45, 2.75) is 31.1 Å². The molecule has 0 spiro atoms. The van der Waals surface area contributed by atoms with Crippen LogP contribution in [0.3, 0.4) is 0 Å². The number of aryl methyl sites for hydroxylation is 1. The largest absolute Gasteiger partial charge is 0.497 e. The van der Waals surface area contributed by atoms with E-state index in [1.165, 1.54) is 30.2 Å². The number of rotatable bonds is 10. The number of hydrogen-bond donors (Lipinski definition) is 1. The third kappa shape index (κ3) is 6.65. The molecule has 1 N–H and O–H groups in total. The van der Waals surface area contributed by atoms with E-state index in [0.717, 1.165) is 28.2 Å². The summed E-state index contributed by atoms with van der Waals surface area (Å²) in [6, 6.07) is 24.4. The highest BCUT2D eigenvalue weighted by molar-refractivity contribution is 7.99. The van der Waals surface area contributed by atoms with Crippen molar-refractivity contribution in [3.63, 3.8) is 0 Å². The molecule has 3 heterocycles. The lowest BCUT2D eigenvalue weighted by Crippen LogP contribution is -2.28. The average Bonchev–Trinajstić information content (AvgIpc) is 3.84. The van der Waals surface area contributed by atoms with Crippen LogP contribution in [-0.4, -0.2) is 50.2 Å². The van der Waals surface area contributed by atoms with Gasteiger partial charge in [0.1, 0.15) is 11.6 Å². The summed E-state index contributed by atoms with van der Waals surface area (Å²) in [4.78, 5) is 26.3. The molecule has 1 aliphatic heterocycles. The number of thioether (sulfide) groups is 1. The molecule has 12 heteroatoms. The molecule has 6 rings (SSSR count). The highest BCUT2D eigenvalue weighted by Gasteiger charge is 2.33. The van der Waals surface area contributed by atoms with Gasteiger partial charge in [-0.05, 0) is 78.7 Å². The van der Waals surface area contributed by atoms with Gasteiger partial charge < -0.3 is 14.5 Å². The monoisotopic (exact) mass is 624 g/mol. The quantitative estimate of drug-likeness (QED) is 0.198. The number of methoxy groups -OCH3 is 1. The fourth-order valence-corrected chi connectivity index (χ4v) is 5.77. The van der Waals surface area contributed by atoms with Gasteiger partial charge in [-0.1, -0.05) is 41.6 Å². The number of carbonyl (C=O) groups excluding carboxylic acids is 2. The number of furan rings is 1. The standard InChI is InChI=1S/C33H29FN6O4S/c1-21-5-7-23(8-6-21)28-18-27(22-9-15-26(43-2)16-10-22)38-40(28)31(41)20-45-33-37-36-30(19-35-32(42)29-4-3-17-44-29)39(33)25-13-11-24(34)12-14-25/h3-17,28H,18-20H2,1-2H3,(H,35,42)/t28-/m1/s1. The van der Waals surface area contributed by atoms with Crippen molar-refractivity contribution in [2.75, 3.05) is 12.9 Å². The van der Waals surface area contributed by atoms with Crippen molar-refractivity contribution in [1.29, 1.82) is 0 Å². The first kappa shape index (κ1) is 29.8. The van der Waals surface area contributed by atoms with Gasteiger partial charge in [0, 0.05) is 12.1 Å². The van der Waals surface area contributed by atoms with Gasteiger partial charge in [0.15, 0.2) is 16.7 Å². The Morgan fingerprint density at radius 2 is 1.78 bits per heavy atom. The second-order valence-corrected chi connectivity index (χ2v) is 11.2. The summed E-state index contributed by atoms with van der Waals surface area (Å²) in [6.45, 7) is 2.04. The summed E-state index contributed by atoms with van der Waals surface area (Å²) in [7, 11) is 1.62. The molecule has 45 heavy (non-hydrogen) atoms. The van der Waals surface area contributed by atoms with E-state index in [4.69, 9.17) is 14.3 Å². The predicted octanol–water partition coefficient (Wildman–Crippen LogP) is 5.72. The van der Waals surface area contributed by atoms with Crippen LogP contribution in [0.25, 0.3) is 5.69 Å². The molecule has 2 amide bonds. The van der Waals surface area contributed by atoms with Gasteiger partial charge in [-0.2, -0.15) is 5.10 Å². The summed E-state index contributed by atoms with van der Waals surface area (Å²) in [6.07, 6.45) is 1.96. The van der Waals surface area contributed by atoms with Gasteiger partial charge in [0.25, 0.3) is 11.8 Å². The van der Waals surface area contributed by atoms with Crippen molar-refractivity contribution < 1.29 is 23.1 Å². The Labute approximate surface area is 262 Å². The van der Waals surface area contributed by atoms with Crippen LogP contribution in [0, 0.1) is 12.7 Å². The molecular weight excluding hydrogens is 595 g/mol. The maximum Gasteiger partial charge on any atom is 0.287 e. The third-order valence-electron chi connectivity index (χ3n) is 7.31. The number of benzene rings is 3. The first-order valence-corrected chi connectivity index (χ1v) is 15.1. The number of carbonyl (C=O) groups is 2. The van der Waals surface area contributed by atoms with E-state index in [0.29, 0.717) is 23.1 Å². The van der Waals surface area contributed by atoms with E-state index in [1.54, 1.807) is 41.0 Å². The molecule has 0 saturated heterocycles. The minimum absolute atomic E-state index is 0.0137. The Kier molecular flexibility index (Phi) is 8.74. The Bertz CT molecular complexity index is 1820. The molecule has 2 aromatic heterocycles. The van der Waals surface area contributed by atoms with Crippen LogP contribution >= 0.6 is 11.8 Å². The summed E-state index contributed by atoms with van der Waals surface area (Å²) in [5.74, 6) is 0.281. The van der Waals surface area contributed by atoms with Crippen molar-refractivity contribution in [3.8, 4) is 11.4 Å². The first-order chi connectivity index (χ1) is 21.9. The third-order valence-corrected chi connectivity index (χ3v) is 8.23. The smallest absolute Gasteiger partial charge is 0.287 e. The average molecular weight is 625 g/mol. The van der Waals surface area contributed by atoms with Crippen LogP contribution in [0.15, 0.2) is 106 Å². The van der Waals surface area contributed by atoms with Gasteiger partial charge in [-0.15, -0.1) is 10.2 Å². The van der Waals surface area contributed by atoms with Gasteiger partial charge in [0.2, 0.25) is 0 Å².